The van der Waals surface area contributed by atoms with Crippen molar-refractivity contribution in [1.82, 2.24) is 0 Å². The third-order valence-corrected chi connectivity index (χ3v) is 11.8. The Balaban J connectivity index is 2.24. The summed E-state index contributed by atoms with van der Waals surface area (Å²) in [4.78, 5) is 0. The molecule has 0 aromatic heterocycles. The van der Waals surface area contributed by atoms with Gasteiger partial charge in [0.25, 0.3) is 0 Å². The smallest absolute Gasteiger partial charge is 0.192 e. The summed E-state index contributed by atoms with van der Waals surface area (Å²) >= 11 is 0. The molecule has 1 aliphatic carbocycles. The van der Waals surface area contributed by atoms with E-state index in [0.29, 0.717) is 5.25 Å². The first-order valence-electron chi connectivity index (χ1n) is 7.30. The van der Waals surface area contributed by atoms with Gasteiger partial charge in [0.1, 0.15) is 0 Å². The lowest BCUT2D eigenvalue weighted by Crippen LogP contribution is -2.49. The van der Waals surface area contributed by atoms with Gasteiger partial charge in [-0.15, -0.1) is 0 Å². The van der Waals surface area contributed by atoms with Crippen molar-refractivity contribution in [2.45, 2.75) is 70.0 Å². The summed E-state index contributed by atoms with van der Waals surface area (Å²) in [7, 11) is -2.52. The second-order valence-electron chi connectivity index (χ2n) is 7.75. The van der Waals surface area contributed by atoms with Gasteiger partial charge in [-0.3, -0.25) is 4.21 Å². The molecule has 0 spiro atoms. The van der Waals surface area contributed by atoms with E-state index < -0.39 is 19.1 Å². The molecule has 1 saturated heterocycles. The van der Waals surface area contributed by atoms with E-state index in [2.05, 4.69) is 52.9 Å². The first-order chi connectivity index (χ1) is 8.58. The Hall–Kier alpha value is 0.0669. The summed E-state index contributed by atoms with van der Waals surface area (Å²) in [6.07, 6.45) is 6.79. The van der Waals surface area contributed by atoms with E-state index in [-0.39, 0.29) is 16.6 Å². The minimum absolute atomic E-state index is 0.0152. The molecule has 0 aromatic rings. The van der Waals surface area contributed by atoms with Crippen LogP contribution in [0.5, 0.6) is 0 Å². The average Bonchev–Trinajstić information content (AvgIpc) is 2.49. The quantitative estimate of drug-likeness (QED) is 0.572. The standard InChI is InChI=1S/C15H28O2SSi/c1-14(2,3)19(5,6)17-12-11-18(16)13-9-7-8-10-15(12,13)4/h8,10,12-13H,7,9,11H2,1-6H3/t12-,13-,15-,18+/m0/s1. The molecule has 0 radical (unpaired) electrons. The van der Waals surface area contributed by atoms with Crippen LogP contribution in [-0.4, -0.2) is 29.6 Å². The summed E-state index contributed by atoms with van der Waals surface area (Å²) in [6, 6.07) is 0. The molecule has 0 aromatic carbocycles. The molecule has 19 heavy (non-hydrogen) atoms. The highest BCUT2D eigenvalue weighted by atomic mass is 32.2. The van der Waals surface area contributed by atoms with Gasteiger partial charge in [0.2, 0.25) is 0 Å². The number of rotatable bonds is 2. The maximum absolute atomic E-state index is 12.4. The van der Waals surface area contributed by atoms with Crippen molar-refractivity contribution in [1.29, 1.82) is 0 Å². The monoisotopic (exact) mass is 300 g/mol. The first kappa shape index (κ1) is 15.5. The molecule has 110 valence electrons. The van der Waals surface area contributed by atoms with Gasteiger partial charge in [-0.25, -0.2) is 0 Å². The minimum atomic E-state index is -1.79. The maximum Gasteiger partial charge on any atom is 0.192 e. The van der Waals surface area contributed by atoms with Gasteiger partial charge >= 0.3 is 0 Å². The van der Waals surface area contributed by atoms with Crippen LogP contribution in [0.15, 0.2) is 12.2 Å². The second-order valence-corrected chi connectivity index (χ2v) is 14.2. The molecule has 0 amide bonds. The van der Waals surface area contributed by atoms with Crippen molar-refractivity contribution in [2.24, 2.45) is 5.41 Å². The Morgan fingerprint density at radius 1 is 1.37 bits per heavy atom. The maximum atomic E-state index is 12.4. The zero-order valence-corrected chi connectivity index (χ0v) is 15.0. The highest BCUT2D eigenvalue weighted by Gasteiger charge is 2.53. The van der Waals surface area contributed by atoms with Crippen LogP contribution in [-0.2, 0) is 15.2 Å². The zero-order valence-electron chi connectivity index (χ0n) is 13.2. The number of hydrogen-bond acceptors (Lipinski definition) is 2. The van der Waals surface area contributed by atoms with Crippen LogP contribution >= 0.6 is 0 Å². The lowest BCUT2D eigenvalue weighted by Gasteiger charge is -2.43. The van der Waals surface area contributed by atoms with Crippen molar-refractivity contribution in [3.63, 3.8) is 0 Å². The number of fused-ring (bicyclic) bond motifs is 1. The SMILES string of the molecule is CC(C)(C)[Si](C)(C)O[C@H]1C[S@@](=O)[C@H]2CCC=C[C@@]12C. The predicted molar refractivity (Wildman–Crippen MR) is 85.3 cm³/mol. The van der Waals surface area contributed by atoms with Crippen LogP contribution in [0.4, 0.5) is 0 Å². The molecule has 1 aliphatic heterocycles. The summed E-state index contributed by atoms with van der Waals surface area (Å²) in [5, 5.41) is 0.508. The highest BCUT2D eigenvalue weighted by Crippen LogP contribution is 2.48. The van der Waals surface area contributed by atoms with Crippen molar-refractivity contribution in [2.75, 3.05) is 5.75 Å². The number of hydrogen-bond donors (Lipinski definition) is 0. The molecule has 4 heteroatoms. The lowest BCUT2D eigenvalue weighted by molar-refractivity contribution is 0.104. The van der Waals surface area contributed by atoms with E-state index in [1.54, 1.807) is 0 Å². The van der Waals surface area contributed by atoms with Crippen LogP contribution in [0.2, 0.25) is 18.1 Å². The number of allylic oxidation sites excluding steroid dienone is 1. The van der Waals surface area contributed by atoms with Gasteiger partial charge in [0.15, 0.2) is 8.32 Å². The summed E-state index contributed by atoms with van der Waals surface area (Å²) in [5.41, 5.74) is -0.0152. The van der Waals surface area contributed by atoms with Gasteiger partial charge < -0.3 is 4.43 Å². The van der Waals surface area contributed by atoms with Crippen molar-refractivity contribution in [3.8, 4) is 0 Å². The second kappa shape index (κ2) is 4.81. The van der Waals surface area contributed by atoms with Gasteiger partial charge in [-0.1, -0.05) is 39.8 Å². The van der Waals surface area contributed by atoms with Crippen LogP contribution in [0.3, 0.4) is 0 Å². The Morgan fingerprint density at radius 2 is 2.00 bits per heavy atom. The molecule has 0 unspecified atom stereocenters. The molecule has 2 rings (SSSR count). The molecule has 0 N–H and O–H groups in total. The van der Waals surface area contributed by atoms with Gasteiger partial charge in [0, 0.05) is 27.2 Å². The normalized spacial score (nSPS) is 39.4. The topological polar surface area (TPSA) is 26.3 Å². The first-order valence-corrected chi connectivity index (χ1v) is 11.6. The van der Waals surface area contributed by atoms with E-state index in [1.807, 2.05) is 0 Å². The molecule has 0 saturated carbocycles. The fraction of sp³-hybridized carbons (Fsp3) is 0.867. The molecular formula is C15H28O2SSi. The summed E-state index contributed by atoms with van der Waals surface area (Å²) < 4.78 is 19.0. The largest absolute Gasteiger partial charge is 0.412 e. The van der Waals surface area contributed by atoms with Crippen molar-refractivity contribution >= 4 is 19.1 Å². The molecule has 1 fully saturated rings. The van der Waals surface area contributed by atoms with Gasteiger partial charge in [-0.2, -0.15) is 0 Å². The van der Waals surface area contributed by atoms with Gasteiger partial charge in [0.05, 0.1) is 6.10 Å². The van der Waals surface area contributed by atoms with Crippen LogP contribution in [0.1, 0.15) is 40.5 Å². The Labute approximate surface area is 121 Å². The van der Waals surface area contributed by atoms with Crippen molar-refractivity contribution < 1.29 is 8.63 Å². The summed E-state index contributed by atoms with van der Waals surface area (Å²) in [6.45, 7) is 13.6. The van der Waals surface area contributed by atoms with Gasteiger partial charge in [-0.05, 0) is 31.0 Å². The van der Waals surface area contributed by atoms with E-state index in [1.165, 1.54) is 0 Å². The Bertz CT molecular complexity index is 411. The Kier molecular flexibility index (Phi) is 3.92. The van der Waals surface area contributed by atoms with E-state index in [0.717, 1.165) is 18.6 Å². The predicted octanol–water partition coefficient (Wildman–Crippen LogP) is 3.86. The van der Waals surface area contributed by atoms with Crippen LogP contribution < -0.4 is 0 Å². The molecule has 1 heterocycles. The molecule has 2 nitrogen and oxygen atoms in total. The van der Waals surface area contributed by atoms with E-state index in [9.17, 15) is 4.21 Å². The highest BCUT2D eigenvalue weighted by molar-refractivity contribution is 7.86. The lowest BCUT2D eigenvalue weighted by atomic mass is 9.77. The van der Waals surface area contributed by atoms with E-state index >= 15 is 0 Å². The fourth-order valence-electron chi connectivity index (χ4n) is 2.87. The molecule has 0 bridgehead atoms. The molecular weight excluding hydrogens is 272 g/mol. The zero-order chi connectivity index (χ0) is 14.5. The van der Waals surface area contributed by atoms with Crippen LogP contribution in [0, 0.1) is 5.41 Å². The third kappa shape index (κ3) is 2.64. The molecule has 2 aliphatic rings. The minimum Gasteiger partial charge on any atom is -0.412 e. The van der Waals surface area contributed by atoms with Crippen molar-refractivity contribution in [3.05, 3.63) is 12.2 Å². The average molecular weight is 301 g/mol. The van der Waals surface area contributed by atoms with Crippen LogP contribution in [0.25, 0.3) is 0 Å². The fourth-order valence-corrected chi connectivity index (χ4v) is 6.55. The van der Waals surface area contributed by atoms with E-state index in [4.69, 9.17) is 4.43 Å². The summed E-state index contributed by atoms with van der Waals surface area (Å²) in [5.74, 6) is 0.720. The molecule has 4 atom stereocenters. The third-order valence-electron chi connectivity index (χ3n) is 5.34. The Morgan fingerprint density at radius 3 is 2.58 bits per heavy atom.